The highest BCUT2D eigenvalue weighted by Crippen LogP contribution is 2.15. The molecule has 0 fully saturated rings. The Morgan fingerprint density at radius 1 is 1.36 bits per heavy atom. The molecule has 0 radical (unpaired) electrons. The summed E-state index contributed by atoms with van der Waals surface area (Å²) in [5, 5.41) is 0.217. The molecule has 0 saturated heterocycles. The summed E-state index contributed by atoms with van der Waals surface area (Å²) < 4.78 is 45.5. The van der Waals surface area contributed by atoms with Gasteiger partial charge >= 0.3 is 10.2 Å². The van der Waals surface area contributed by atoms with Crippen LogP contribution in [0.4, 0.5) is 8.28 Å². The molecule has 0 spiro atoms. The fourth-order valence-corrected chi connectivity index (χ4v) is 1.58. The van der Waals surface area contributed by atoms with E-state index in [0.717, 1.165) is 6.07 Å². The molecule has 0 atom stereocenters. The Hall–Kier alpha value is -0.680. The molecule has 0 bridgehead atoms. The van der Waals surface area contributed by atoms with Gasteiger partial charge in [-0.25, -0.2) is 4.39 Å². The maximum absolute atomic E-state index is 13.0. The Morgan fingerprint density at radius 3 is 2.50 bits per heavy atom. The zero-order valence-electron chi connectivity index (χ0n) is 7.00. The predicted molar refractivity (Wildman–Crippen MR) is 50.0 cm³/mol. The van der Waals surface area contributed by atoms with Crippen LogP contribution in [0.25, 0.3) is 0 Å². The van der Waals surface area contributed by atoms with Gasteiger partial charge < -0.3 is 0 Å². The monoisotopic (exact) mass is 240 g/mol. The van der Waals surface area contributed by atoms with Crippen molar-refractivity contribution < 1.29 is 16.7 Å². The van der Waals surface area contributed by atoms with Gasteiger partial charge in [0.1, 0.15) is 5.82 Å². The fraction of sp³-hybridized carbons (Fsp3) is 0.250. The van der Waals surface area contributed by atoms with Gasteiger partial charge in [0.2, 0.25) is 0 Å². The number of halogens is 3. The van der Waals surface area contributed by atoms with Gasteiger partial charge in [0.05, 0.1) is 5.75 Å². The van der Waals surface area contributed by atoms with Crippen molar-refractivity contribution in [2.24, 2.45) is 0 Å². The van der Waals surface area contributed by atoms with Crippen LogP contribution in [0, 0.1) is 5.82 Å². The van der Waals surface area contributed by atoms with Gasteiger partial charge in [-0.3, -0.25) is 0 Å². The van der Waals surface area contributed by atoms with E-state index in [9.17, 15) is 16.7 Å². The normalized spacial score (nSPS) is 11.6. The lowest BCUT2D eigenvalue weighted by atomic mass is 10.2. The molecule has 0 aromatic heterocycles. The lowest BCUT2D eigenvalue weighted by molar-refractivity contribution is 0.550. The van der Waals surface area contributed by atoms with Crippen LogP contribution in [0.5, 0.6) is 0 Å². The Morgan fingerprint density at radius 2 is 2.00 bits per heavy atom. The number of aryl methyl sites for hydroxylation is 1. The van der Waals surface area contributed by atoms with Crippen molar-refractivity contribution in [1.29, 1.82) is 0 Å². The average molecular weight is 241 g/mol. The highest BCUT2D eigenvalue weighted by molar-refractivity contribution is 7.86. The second kappa shape index (κ2) is 4.23. The quantitative estimate of drug-likeness (QED) is 0.760. The van der Waals surface area contributed by atoms with Crippen molar-refractivity contribution in [3.05, 3.63) is 34.6 Å². The first-order chi connectivity index (χ1) is 6.38. The molecular formula is C8H7ClF2O2S. The van der Waals surface area contributed by atoms with Gasteiger partial charge in [0.25, 0.3) is 0 Å². The number of rotatable bonds is 3. The first-order valence-electron chi connectivity index (χ1n) is 3.75. The minimum Gasteiger partial charge on any atom is -0.207 e. The summed E-state index contributed by atoms with van der Waals surface area (Å²) >= 11 is 5.47. The van der Waals surface area contributed by atoms with Crippen molar-refractivity contribution in [3.8, 4) is 0 Å². The summed E-state index contributed by atoms with van der Waals surface area (Å²) in [5.41, 5.74) is 0.135. The van der Waals surface area contributed by atoms with Crippen molar-refractivity contribution >= 4 is 21.8 Å². The van der Waals surface area contributed by atoms with Gasteiger partial charge in [-0.1, -0.05) is 17.7 Å². The summed E-state index contributed by atoms with van der Waals surface area (Å²) in [5.74, 6) is -1.34. The Bertz CT molecular complexity index is 431. The van der Waals surface area contributed by atoms with E-state index < -0.39 is 21.8 Å². The summed E-state index contributed by atoms with van der Waals surface area (Å²) in [6, 6.07) is 3.81. The SMILES string of the molecule is O=S(=O)(F)CCc1ccc(Cl)cc1F. The third-order valence-corrected chi connectivity index (χ3v) is 2.56. The topological polar surface area (TPSA) is 34.1 Å². The van der Waals surface area contributed by atoms with E-state index in [1.807, 2.05) is 0 Å². The zero-order chi connectivity index (χ0) is 10.8. The van der Waals surface area contributed by atoms with Gasteiger partial charge in [0.15, 0.2) is 0 Å². The van der Waals surface area contributed by atoms with Crippen LogP contribution in [0.3, 0.4) is 0 Å². The van der Waals surface area contributed by atoms with Crippen molar-refractivity contribution in [1.82, 2.24) is 0 Å². The zero-order valence-corrected chi connectivity index (χ0v) is 8.58. The first kappa shape index (κ1) is 11.4. The Balaban J connectivity index is 2.78. The van der Waals surface area contributed by atoms with Crippen LogP contribution in [-0.4, -0.2) is 14.2 Å². The van der Waals surface area contributed by atoms with E-state index in [-0.39, 0.29) is 17.0 Å². The Kier molecular flexibility index (Phi) is 3.44. The molecule has 0 unspecified atom stereocenters. The molecule has 2 nitrogen and oxygen atoms in total. The summed E-state index contributed by atoms with van der Waals surface area (Å²) in [7, 11) is -4.55. The maximum atomic E-state index is 13.0. The molecule has 1 aromatic rings. The molecular weight excluding hydrogens is 234 g/mol. The number of benzene rings is 1. The van der Waals surface area contributed by atoms with Gasteiger partial charge in [-0.05, 0) is 24.1 Å². The molecule has 0 aliphatic carbocycles. The van der Waals surface area contributed by atoms with Gasteiger partial charge in [-0.15, -0.1) is 3.89 Å². The molecule has 1 rings (SSSR count). The molecule has 0 amide bonds. The van der Waals surface area contributed by atoms with Gasteiger partial charge in [0, 0.05) is 5.02 Å². The van der Waals surface area contributed by atoms with E-state index in [1.165, 1.54) is 12.1 Å². The van der Waals surface area contributed by atoms with Crippen LogP contribution in [0.15, 0.2) is 18.2 Å². The molecule has 78 valence electrons. The molecule has 0 aliphatic rings. The highest BCUT2D eigenvalue weighted by Gasteiger charge is 2.10. The largest absolute Gasteiger partial charge is 0.302 e. The lowest BCUT2D eigenvalue weighted by Gasteiger charge is -2.00. The second-order valence-corrected chi connectivity index (χ2v) is 4.65. The third-order valence-electron chi connectivity index (χ3n) is 1.63. The van der Waals surface area contributed by atoms with E-state index in [2.05, 4.69) is 0 Å². The summed E-state index contributed by atoms with van der Waals surface area (Å²) in [6.45, 7) is 0. The molecule has 0 N–H and O–H groups in total. The van der Waals surface area contributed by atoms with Crippen LogP contribution in [-0.2, 0) is 16.6 Å². The molecule has 6 heteroatoms. The van der Waals surface area contributed by atoms with Crippen molar-refractivity contribution in [3.63, 3.8) is 0 Å². The number of hydrogen-bond acceptors (Lipinski definition) is 2. The average Bonchev–Trinajstić information content (AvgIpc) is 2.00. The van der Waals surface area contributed by atoms with E-state index in [1.54, 1.807) is 0 Å². The van der Waals surface area contributed by atoms with E-state index in [4.69, 9.17) is 11.6 Å². The molecule has 1 aromatic carbocycles. The molecule has 0 heterocycles. The van der Waals surface area contributed by atoms with E-state index >= 15 is 0 Å². The first-order valence-corrected chi connectivity index (χ1v) is 5.68. The highest BCUT2D eigenvalue weighted by atomic mass is 35.5. The van der Waals surface area contributed by atoms with Crippen LogP contribution in [0.2, 0.25) is 5.02 Å². The smallest absolute Gasteiger partial charge is 0.207 e. The van der Waals surface area contributed by atoms with Crippen LogP contribution >= 0.6 is 11.6 Å². The minimum atomic E-state index is -4.55. The molecule has 0 aliphatic heterocycles. The minimum absolute atomic E-state index is 0.135. The maximum Gasteiger partial charge on any atom is 0.302 e. The summed E-state index contributed by atoms with van der Waals surface area (Å²) in [4.78, 5) is 0. The standard InChI is InChI=1S/C8H7ClF2O2S/c9-7-2-1-6(8(10)5-7)3-4-14(11,12)13/h1-2,5H,3-4H2. The second-order valence-electron chi connectivity index (χ2n) is 2.73. The molecule has 0 saturated carbocycles. The third kappa shape index (κ3) is 3.59. The number of hydrogen-bond donors (Lipinski definition) is 0. The van der Waals surface area contributed by atoms with Crippen molar-refractivity contribution in [2.45, 2.75) is 6.42 Å². The van der Waals surface area contributed by atoms with Gasteiger partial charge in [-0.2, -0.15) is 8.42 Å². The Labute approximate surface area is 85.7 Å². The fourth-order valence-electron chi connectivity index (χ4n) is 0.956. The van der Waals surface area contributed by atoms with Crippen LogP contribution in [0.1, 0.15) is 5.56 Å². The molecule has 14 heavy (non-hydrogen) atoms. The van der Waals surface area contributed by atoms with Crippen LogP contribution < -0.4 is 0 Å². The lowest BCUT2D eigenvalue weighted by Crippen LogP contribution is -2.03. The predicted octanol–water partition coefficient (Wildman–Crippen LogP) is 2.32. The van der Waals surface area contributed by atoms with E-state index in [0.29, 0.717) is 0 Å². The van der Waals surface area contributed by atoms with Crippen molar-refractivity contribution in [2.75, 3.05) is 5.75 Å². The summed E-state index contributed by atoms with van der Waals surface area (Å²) in [6.07, 6.45) is -0.193.